The lowest BCUT2D eigenvalue weighted by molar-refractivity contribution is 0.107. The fourth-order valence-corrected chi connectivity index (χ4v) is 17.2. The van der Waals surface area contributed by atoms with Gasteiger partial charge in [-0.15, -0.1) is 0 Å². The first-order valence-corrected chi connectivity index (χ1v) is 36.8. The molecule has 6 aliphatic rings. The number of carbonyl (C=O) groups excluding carboxylic acids is 2. The van der Waals surface area contributed by atoms with Crippen LogP contribution in [0.3, 0.4) is 0 Å². The molecule has 12 N–H and O–H groups in total. The number of aliphatic hydroxyl groups excluding tert-OH is 6. The van der Waals surface area contributed by atoms with E-state index in [0.29, 0.717) is 46.0 Å². The Balaban J connectivity index is 0.000000269. The molecule has 14 nitrogen and oxygen atoms in total. The van der Waals surface area contributed by atoms with Gasteiger partial charge in [0.15, 0.2) is 0 Å². The molecule has 0 aliphatic heterocycles. The Hall–Kier alpha value is -0.600. The molecule has 6 saturated carbocycles. The van der Waals surface area contributed by atoms with Gasteiger partial charge in [0.1, 0.15) is 0 Å². The lowest BCUT2D eigenvalue weighted by Gasteiger charge is -2.18. The molecule has 6 aliphatic carbocycles. The third-order valence-electron chi connectivity index (χ3n) is 17.9. The minimum Gasteiger partial charge on any atom is -0.392 e. The normalized spacial score (nSPS) is 32.1. The van der Waals surface area contributed by atoms with Crippen LogP contribution in [0.4, 0.5) is 0 Å². The summed E-state index contributed by atoms with van der Waals surface area (Å²) in [6.07, 6.45) is 22.4. The van der Waals surface area contributed by atoms with Crippen LogP contribution >= 0.6 is 72.3 Å². The number of benzene rings is 2. The van der Waals surface area contributed by atoms with E-state index in [1.54, 1.807) is 0 Å². The zero-order chi connectivity index (χ0) is 61.8. The average molecular weight is 1290 g/mol. The van der Waals surface area contributed by atoms with Gasteiger partial charge in [-0.2, -0.15) is 48.8 Å². The fraction of sp³-hybridized carbons (Fsp3) is 0.781. The summed E-state index contributed by atoms with van der Waals surface area (Å²) in [5, 5.41) is 79.7. The summed E-state index contributed by atoms with van der Waals surface area (Å²) in [6, 6.07) is 18.6. The summed E-state index contributed by atoms with van der Waals surface area (Å²) in [4.78, 5) is 24.2. The topological polar surface area (TPSA) is 228 Å². The second kappa shape index (κ2) is 45.6. The van der Waals surface area contributed by atoms with Crippen molar-refractivity contribution >= 4 is 82.5 Å². The molecule has 0 radical (unpaired) electrons. The summed E-state index contributed by atoms with van der Waals surface area (Å²) in [7, 11) is 11.7. The molecular formula is C64H114N6O8S6. The first-order chi connectivity index (χ1) is 40.5. The van der Waals surface area contributed by atoms with E-state index < -0.39 is 0 Å². The van der Waals surface area contributed by atoms with Crippen molar-refractivity contribution in [3.05, 3.63) is 71.8 Å². The molecule has 2 aromatic rings. The van der Waals surface area contributed by atoms with Crippen LogP contribution in [0.5, 0.6) is 0 Å². The Bertz CT molecular complexity index is 1850. The molecule has 18 atom stereocenters. The largest absolute Gasteiger partial charge is 0.392 e. The van der Waals surface area contributed by atoms with Gasteiger partial charge in [0.2, 0.25) is 10.2 Å². The number of hydrogen-bond acceptors (Lipinski definition) is 20. The van der Waals surface area contributed by atoms with Crippen LogP contribution in [-0.2, 0) is 0 Å². The van der Waals surface area contributed by atoms with Crippen molar-refractivity contribution in [3.63, 3.8) is 0 Å². The van der Waals surface area contributed by atoms with Gasteiger partial charge in [0, 0.05) is 42.6 Å². The smallest absolute Gasteiger partial charge is 0.219 e. The third kappa shape index (κ3) is 27.9. The van der Waals surface area contributed by atoms with Crippen LogP contribution in [0, 0.1) is 35.5 Å². The molecule has 20 heteroatoms. The molecule has 0 saturated heterocycles. The van der Waals surface area contributed by atoms with Gasteiger partial charge < -0.3 is 62.5 Å². The molecule has 0 amide bonds. The number of nitrogens with one attached hydrogen (secondary N) is 6. The van der Waals surface area contributed by atoms with Gasteiger partial charge in [0.05, 0.1) is 36.6 Å². The van der Waals surface area contributed by atoms with Crippen molar-refractivity contribution in [1.29, 1.82) is 0 Å². The van der Waals surface area contributed by atoms with E-state index in [0.717, 1.165) is 140 Å². The Morgan fingerprint density at radius 3 is 0.810 bits per heavy atom. The van der Waals surface area contributed by atoms with Gasteiger partial charge in [-0.25, -0.2) is 0 Å². The highest BCUT2D eigenvalue weighted by atomic mass is 32.2. The number of thiol groups is 2. The van der Waals surface area contributed by atoms with Gasteiger partial charge >= 0.3 is 0 Å². The minimum absolute atomic E-state index is 0.0505. The Kier molecular flexibility index (Phi) is 42.2. The summed E-state index contributed by atoms with van der Waals surface area (Å²) in [6.45, 7) is 5.91. The van der Waals surface area contributed by atoms with Crippen LogP contribution < -0.4 is 31.9 Å². The Morgan fingerprint density at radius 1 is 0.369 bits per heavy atom. The fourth-order valence-electron chi connectivity index (χ4n) is 12.4. The molecule has 84 heavy (non-hydrogen) atoms. The van der Waals surface area contributed by atoms with Crippen LogP contribution in [0.2, 0.25) is 0 Å². The Morgan fingerprint density at radius 2 is 0.595 bits per heavy atom. The molecular weight excluding hydrogens is 1170 g/mol. The van der Waals surface area contributed by atoms with E-state index in [1.807, 2.05) is 126 Å². The highest BCUT2D eigenvalue weighted by molar-refractivity contribution is 8.15. The second-order valence-corrected chi connectivity index (χ2v) is 29.5. The van der Waals surface area contributed by atoms with Crippen LogP contribution in [-0.4, -0.2) is 203 Å². The predicted octanol–water partition coefficient (Wildman–Crippen LogP) is 8.15. The highest BCUT2D eigenvalue weighted by Crippen LogP contribution is 2.40. The average Bonchev–Trinajstić information content (AvgIpc) is 4.48. The molecule has 8 rings (SSSR count). The standard InChI is InChI=1S/2C15H21NO2S.2C9H19NOS.2C8H17NOS/c2*1-16-10-9-11-7-8-13(14(11)17)19-15(18)12-5-3-2-4-6-12;2*1-10-6-5-7-3-4-8(12-2)9(7)11;2*1-9-5-4-6-2-3-7(11)8(6)10/h2*2-6,11,13-14,16-17H,7-10H2,1H3;2*7-11H,3-6H2,1-2H3;2*6-11H,2-5H2,1H3/t2*11-,13+,14+;2*7-,8+,9+;2*6-,7+,8+/m101010/s1. The monoisotopic (exact) mass is 1290 g/mol. The van der Waals surface area contributed by atoms with Crippen molar-refractivity contribution < 1.29 is 40.2 Å². The molecule has 2 aromatic carbocycles. The molecule has 0 bridgehead atoms. The second-order valence-electron chi connectivity index (χ2n) is 23.6. The van der Waals surface area contributed by atoms with Gasteiger partial charge in [0.25, 0.3) is 0 Å². The number of carbonyl (C=O) groups is 2. The zero-order valence-corrected chi connectivity index (χ0v) is 57.2. The first kappa shape index (κ1) is 77.6. The SMILES string of the molecule is CNCC[C@@H]1CC[C@@H](S)[C@@H]1O.CNCC[C@@H]1CC[C@@H](SC(=O)c2ccccc2)[C@@H]1O.CNCC[C@@H]1CC[C@@H](SC)[C@@H]1O.CNCC[C@H]1CC[C@H](S)[C@H]1O.CNCC[C@H]1CC[C@H](SC(=O)c2ccccc2)[C@H]1O.CNCC[C@H]1CC[C@H](SC)[C@H]1O. The van der Waals surface area contributed by atoms with Gasteiger partial charge in [-0.05, 0) is 245 Å². The summed E-state index contributed by atoms with van der Waals surface area (Å²) >= 11 is 14.8. The van der Waals surface area contributed by atoms with Crippen molar-refractivity contribution in [2.24, 2.45) is 35.5 Å². The van der Waals surface area contributed by atoms with E-state index in [-0.39, 0.29) is 67.9 Å². The highest BCUT2D eigenvalue weighted by Gasteiger charge is 2.39. The van der Waals surface area contributed by atoms with Crippen LogP contribution in [0.1, 0.15) is 136 Å². The third-order valence-corrected chi connectivity index (χ3v) is 23.8. The van der Waals surface area contributed by atoms with Crippen molar-refractivity contribution in [2.45, 2.75) is 184 Å². The predicted molar refractivity (Wildman–Crippen MR) is 368 cm³/mol. The summed E-state index contributed by atoms with van der Waals surface area (Å²) < 4.78 is 0. The number of hydrogen-bond donors (Lipinski definition) is 14. The minimum atomic E-state index is -0.356. The van der Waals surface area contributed by atoms with E-state index in [1.165, 1.54) is 49.2 Å². The van der Waals surface area contributed by atoms with E-state index in [9.17, 15) is 40.2 Å². The summed E-state index contributed by atoms with van der Waals surface area (Å²) in [5.41, 5.74) is 1.44. The first-order valence-electron chi connectivity index (χ1n) is 31.4. The zero-order valence-electron chi connectivity index (χ0n) is 52.2. The molecule has 0 heterocycles. The van der Waals surface area contributed by atoms with Crippen LogP contribution in [0.15, 0.2) is 60.7 Å². The van der Waals surface area contributed by atoms with Crippen molar-refractivity contribution in [2.75, 3.05) is 94.1 Å². The molecule has 0 spiro atoms. The molecule has 0 unspecified atom stereocenters. The number of rotatable bonds is 24. The molecule has 0 aromatic heterocycles. The quantitative estimate of drug-likeness (QED) is 0.0445. The lowest BCUT2D eigenvalue weighted by atomic mass is 10.0. The molecule has 484 valence electrons. The molecule has 6 fully saturated rings. The van der Waals surface area contributed by atoms with Gasteiger partial charge in [-0.1, -0.05) is 84.2 Å². The van der Waals surface area contributed by atoms with E-state index >= 15 is 0 Å². The maximum absolute atomic E-state index is 12.1. The number of thioether (sulfide) groups is 4. The lowest BCUT2D eigenvalue weighted by Crippen LogP contribution is -2.26. The van der Waals surface area contributed by atoms with Crippen molar-refractivity contribution in [1.82, 2.24) is 31.9 Å². The number of aliphatic hydroxyl groups is 6. The maximum atomic E-state index is 12.1. The Labute approximate surface area is 536 Å². The van der Waals surface area contributed by atoms with Crippen LogP contribution in [0.25, 0.3) is 0 Å². The van der Waals surface area contributed by atoms with Crippen molar-refractivity contribution in [3.8, 4) is 0 Å². The summed E-state index contributed by atoms with van der Waals surface area (Å²) in [5.74, 6) is 2.68. The van der Waals surface area contributed by atoms with E-state index in [4.69, 9.17) is 0 Å². The maximum Gasteiger partial charge on any atom is 0.219 e. The van der Waals surface area contributed by atoms with Gasteiger partial charge in [-0.3, -0.25) is 9.59 Å². The van der Waals surface area contributed by atoms with E-state index in [2.05, 4.69) is 69.7 Å².